The van der Waals surface area contributed by atoms with Crippen LogP contribution < -0.4 is 15.4 Å². The summed E-state index contributed by atoms with van der Waals surface area (Å²) in [5.74, 6) is -2.43. The first-order valence-corrected chi connectivity index (χ1v) is 12.6. The lowest BCUT2D eigenvalue weighted by Crippen LogP contribution is -2.52. The molecule has 0 unspecified atom stereocenters. The molecular weight excluding hydrogens is 500 g/mol. The van der Waals surface area contributed by atoms with E-state index >= 15 is 4.39 Å². The quantitative estimate of drug-likeness (QED) is 0.217. The van der Waals surface area contributed by atoms with Crippen molar-refractivity contribution in [1.82, 2.24) is 20.1 Å². The molecule has 2 saturated carbocycles. The predicted octanol–water partition coefficient (Wildman–Crippen LogP) is 2.54. The molecule has 0 aliphatic heterocycles. The van der Waals surface area contributed by atoms with Gasteiger partial charge in [-0.1, -0.05) is 6.92 Å². The fourth-order valence-corrected chi connectivity index (χ4v) is 4.84. The molecule has 4 rings (SSSR count). The zero-order valence-electron chi connectivity index (χ0n) is 21.4. The molecule has 2 aliphatic rings. The van der Waals surface area contributed by atoms with Crippen molar-refractivity contribution in [2.24, 2.45) is 22.9 Å². The lowest BCUT2D eigenvalue weighted by Gasteiger charge is -2.27. The maximum Gasteiger partial charge on any atom is 0.272 e. The largest absolute Gasteiger partial charge is 0.481 e. The maximum absolute atomic E-state index is 15.4. The first-order valence-electron chi connectivity index (χ1n) is 12.6. The van der Waals surface area contributed by atoms with E-state index in [1.807, 2.05) is 0 Å². The van der Waals surface area contributed by atoms with E-state index in [1.54, 1.807) is 13.8 Å². The van der Waals surface area contributed by atoms with Gasteiger partial charge < -0.3 is 20.6 Å². The van der Waals surface area contributed by atoms with Gasteiger partial charge in [0.2, 0.25) is 17.7 Å². The number of nitrogens with one attached hydrogen (secondary N) is 3. The van der Waals surface area contributed by atoms with Gasteiger partial charge in [0, 0.05) is 5.56 Å². The minimum absolute atomic E-state index is 0.000345. The van der Waals surface area contributed by atoms with Crippen molar-refractivity contribution in [3.63, 3.8) is 0 Å². The smallest absolute Gasteiger partial charge is 0.272 e. The summed E-state index contributed by atoms with van der Waals surface area (Å²) in [6, 6.07) is -0.631. The minimum Gasteiger partial charge on any atom is -0.481 e. The Morgan fingerprint density at radius 1 is 1.26 bits per heavy atom. The molecule has 2 heterocycles. The molecule has 0 bridgehead atoms. The van der Waals surface area contributed by atoms with Crippen molar-refractivity contribution < 1.29 is 28.3 Å². The van der Waals surface area contributed by atoms with Gasteiger partial charge in [-0.2, -0.15) is 9.49 Å². The van der Waals surface area contributed by atoms with Crippen molar-refractivity contribution >= 4 is 28.9 Å². The van der Waals surface area contributed by atoms with Gasteiger partial charge in [-0.05, 0) is 62.8 Å². The second kappa shape index (κ2) is 11.2. The first kappa shape index (κ1) is 27.1. The number of pyridine rings is 1. The lowest BCUT2D eigenvalue weighted by molar-refractivity contribution is -0.124. The highest BCUT2D eigenvalue weighted by atomic mass is 19.1. The fraction of sp³-hybridized carbons (Fsp3) is 0.520. The number of amides is 2. The highest BCUT2D eigenvalue weighted by molar-refractivity contribution is 6.65. The topological polar surface area (TPSA) is 157 Å². The van der Waals surface area contributed by atoms with Crippen LogP contribution in [0, 0.1) is 34.9 Å². The number of aromatic nitrogens is 3. The van der Waals surface area contributed by atoms with E-state index in [1.165, 1.54) is 13.2 Å². The summed E-state index contributed by atoms with van der Waals surface area (Å²) < 4.78 is 35.4. The van der Waals surface area contributed by atoms with Crippen molar-refractivity contribution in [3.8, 4) is 5.88 Å². The SMILES string of the molecule is CC/C(=N/[OH2+])C(=N)C(=O)N[C@H](C(=O)Nc1cnn([C@@H](C)c2cc(F)cnc2OC)c1F)C(C1CC1)C1CC1. The van der Waals surface area contributed by atoms with Crippen molar-refractivity contribution in [3.05, 3.63) is 35.8 Å². The van der Waals surface area contributed by atoms with Crippen LogP contribution in [0.3, 0.4) is 0 Å². The predicted molar refractivity (Wildman–Crippen MR) is 135 cm³/mol. The van der Waals surface area contributed by atoms with Crippen LogP contribution in [0.1, 0.15) is 57.6 Å². The molecule has 11 nitrogen and oxygen atoms in total. The molecule has 204 valence electrons. The van der Waals surface area contributed by atoms with E-state index in [2.05, 4.69) is 25.9 Å². The summed E-state index contributed by atoms with van der Waals surface area (Å²) in [6.45, 7) is 3.26. The van der Waals surface area contributed by atoms with Crippen molar-refractivity contribution in [2.75, 3.05) is 12.4 Å². The number of anilines is 1. The van der Waals surface area contributed by atoms with Crippen LogP contribution in [0.15, 0.2) is 23.6 Å². The average Bonchev–Trinajstić information content (AvgIpc) is 3.84. The Hall–Kier alpha value is -3.90. The molecule has 2 aromatic heterocycles. The Kier molecular flexibility index (Phi) is 8.02. The van der Waals surface area contributed by atoms with E-state index in [0.29, 0.717) is 0 Å². The number of carbonyl (C=O) groups excluding carboxylic acids is 2. The third-order valence-electron chi connectivity index (χ3n) is 7.12. The molecule has 0 saturated heterocycles. The van der Waals surface area contributed by atoms with E-state index < -0.39 is 41.4 Å². The molecule has 2 atom stereocenters. The van der Waals surface area contributed by atoms with Crippen molar-refractivity contribution in [2.45, 2.75) is 58.0 Å². The molecule has 0 radical (unpaired) electrons. The molecule has 2 aromatic rings. The lowest BCUT2D eigenvalue weighted by atomic mass is 9.88. The molecule has 2 aliphatic carbocycles. The summed E-state index contributed by atoms with van der Waals surface area (Å²) >= 11 is 0. The zero-order chi connectivity index (χ0) is 27.6. The van der Waals surface area contributed by atoms with Gasteiger partial charge in [-0.15, -0.1) is 0 Å². The molecule has 13 heteroatoms. The van der Waals surface area contributed by atoms with Crippen LogP contribution in [-0.2, 0) is 9.59 Å². The second-order valence-corrected chi connectivity index (χ2v) is 9.70. The first-order chi connectivity index (χ1) is 18.2. The van der Waals surface area contributed by atoms with Gasteiger partial charge in [0.15, 0.2) is 5.71 Å². The highest BCUT2D eigenvalue weighted by Gasteiger charge is 2.48. The Balaban J connectivity index is 1.57. The Labute approximate surface area is 218 Å². The fourth-order valence-electron chi connectivity index (χ4n) is 4.84. The zero-order valence-corrected chi connectivity index (χ0v) is 21.4. The molecular formula is C25H32F2N7O4+. The average molecular weight is 533 g/mol. The van der Waals surface area contributed by atoms with E-state index in [9.17, 15) is 14.0 Å². The number of carbonyl (C=O) groups is 2. The van der Waals surface area contributed by atoms with Gasteiger partial charge in [0.05, 0.1) is 30.7 Å². The summed E-state index contributed by atoms with van der Waals surface area (Å²) in [5.41, 5.74) is -0.413. The number of methoxy groups -OCH3 is 1. The van der Waals surface area contributed by atoms with Gasteiger partial charge in [0.25, 0.3) is 5.91 Å². The third-order valence-corrected chi connectivity index (χ3v) is 7.12. The van der Waals surface area contributed by atoms with Gasteiger partial charge >= 0.3 is 0 Å². The van der Waals surface area contributed by atoms with E-state index in [4.69, 9.17) is 15.4 Å². The van der Waals surface area contributed by atoms with Crippen LogP contribution in [0.5, 0.6) is 5.88 Å². The molecule has 5 N–H and O–H groups in total. The number of hydrogen-bond donors (Lipinski definition) is 3. The number of nitrogens with zero attached hydrogens (tertiary/aromatic N) is 4. The van der Waals surface area contributed by atoms with Gasteiger partial charge in [-0.25, -0.2) is 14.1 Å². The van der Waals surface area contributed by atoms with Crippen LogP contribution >= 0.6 is 0 Å². The Morgan fingerprint density at radius 3 is 2.47 bits per heavy atom. The third kappa shape index (κ3) is 5.65. The Bertz CT molecular complexity index is 1240. The van der Waals surface area contributed by atoms with Gasteiger partial charge in [0.1, 0.15) is 23.3 Å². The van der Waals surface area contributed by atoms with E-state index in [0.717, 1.165) is 42.8 Å². The van der Waals surface area contributed by atoms with Crippen molar-refractivity contribution in [1.29, 1.82) is 5.41 Å². The molecule has 2 amide bonds. The number of rotatable bonds is 12. The summed E-state index contributed by atoms with van der Waals surface area (Å²) in [4.78, 5) is 30.2. The molecule has 2 fully saturated rings. The normalized spacial score (nSPS) is 17.2. The van der Waals surface area contributed by atoms with E-state index in [-0.39, 0.29) is 47.0 Å². The van der Waals surface area contributed by atoms with Crippen LogP contribution in [0.25, 0.3) is 0 Å². The monoisotopic (exact) mass is 532 g/mol. The highest BCUT2D eigenvalue weighted by Crippen LogP contribution is 2.51. The minimum atomic E-state index is -1.00. The van der Waals surface area contributed by atoms with Gasteiger partial charge in [-0.3, -0.25) is 15.0 Å². The van der Waals surface area contributed by atoms with Crippen LogP contribution in [0.4, 0.5) is 14.5 Å². The molecule has 0 aromatic carbocycles. The number of ether oxygens (including phenoxy) is 1. The summed E-state index contributed by atoms with van der Waals surface area (Å²) in [7, 11) is 1.37. The summed E-state index contributed by atoms with van der Waals surface area (Å²) in [6.07, 6.45) is 6.08. The van der Waals surface area contributed by atoms with Crippen LogP contribution in [0.2, 0.25) is 0 Å². The van der Waals surface area contributed by atoms with Crippen LogP contribution in [-0.4, -0.2) is 56.4 Å². The number of halogens is 2. The maximum atomic E-state index is 15.4. The standard InChI is InChI=1S/C25H31F2N7O4/c1-4-17(33-37)20(28)23(35)32-21(19(13-5-6-13)14-7-8-14)24(36)31-18-11-30-34(22(18)27)12(2)16-9-15(26)10-29-25(16)38-3/h9-14,19,21,28,37H,4-8H2,1-3H3,(H,31,36)(H,32,35)/p+1/b28-20?,33-17-/t12-,21-/m0/s1. The molecule has 0 spiro atoms. The Morgan fingerprint density at radius 2 is 1.92 bits per heavy atom. The molecule has 38 heavy (non-hydrogen) atoms. The second-order valence-electron chi connectivity index (χ2n) is 9.70. The summed E-state index contributed by atoms with van der Waals surface area (Å²) in [5, 5.41) is 27.8. The number of hydrogen-bond acceptors (Lipinski definition) is 7.